The summed E-state index contributed by atoms with van der Waals surface area (Å²) in [4.78, 5) is 0. The van der Waals surface area contributed by atoms with Gasteiger partial charge in [0.2, 0.25) is 10.0 Å². The predicted octanol–water partition coefficient (Wildman–Crippen LogP) is -0.201. The molecule has 94 valence electrons. The van der Waals surface area contributed by atoms with E-state index in [0.29, 0.717) is 6.61 Å². The molecular weight excluding hydrogens is 230 g/mol. The van der Waals surface area contributed by atoms with Gasteiger partial charge in [0.15, 0.2) is 0 Å². The second-order valence-electron chi connectivity index (χ2n) is 4.56. The van der Waals surface area contributed by atoms with Crippen LogP contribution in [-0.4, -0.2) is 38.3 Å². The summed E-state index contributed by atoms with van der Waals surface area (Å²) in [6, 6.07) is 0. The van der Waals surface area contributed by atoms with Crippen molar-refractivity contribution in [1.82, 2.24) is 4.72 Å². The van der Waals surface area contributed by atoms with E-state index in [9.17, 15) is 8.42 Å². The third-order valence-electron chi connectivity index (χ3n) is 2.51. The van der Waals surface area contributed by atoms with Gasteiger partial charge in [0, 0.05) is 6.61 Å². The van der Waals surface area contributed by atoms with Gasteiger partial charge in [-0.2, -0.15) is 0 Å². The molecule has 1 rings (SSSR count). The Morgan fingerprint density at radius 2 is 2.25 bits per heavy atom. The number of rotatable bonds is 5. The number of nitrogens with two attached hydrogens (primary N) is 1. The van der Waals surface area contributed by atoms with E-state index in [1.807, 2.05) is 0 Å². The lowest BCUT2D eigenvalue weighted by atomic mass is 10.1. The topological polar surface area (TPSA) is 105 Å². The van der Waals surface area contributed by atoms with Gasteiger partial charge in [-0.15, -0.1) is 0 Å². The fraction of sp³-hybridized carbons (Fsp3) is 0.889. The Hall–Kier alpha value is -0.660. The van der Waals surface area contributed by atoms with Crippen LogP contribution in [0.3, 0.4) is 0 Å². The van der Waals surface area contributed by atoms with Gasteiger partial charge in [0.05, 0.1) is 17.4 Å². The van der Waals surface area contributed by atoms with Crippen molar-refractivity contribution in [2.45, 2.75) is 38.3 Å². The summed E-state index contributed by atoms with van der Waals surface area (Å²) >= 11 is 0. The van der Waals surface area contributed by atoms with Crippen molar-refractivity contribution in [1.29, 1.82) is 5.41 Å². The fourth-order valence-corrected chi connectivity index (χ4v) is 3.23. The lowest BCUT2D eigenvalue weighted by Crippen LogP contribution is -2.53. The number of sulfonamides is 1. The van der Waals surface area contributed by atoms with Crippen molar-refractivity contribution < 1.29 is 13.2 Å². The maximum absolute atomic E-state index is 11.8. The molecule has 0 saturated carbocycles. The number of nitrogens with one attached hydrogen (secondary N) is 2. The molecule has 0 aromatic carbocycles. The van der Waals surface area contributed by atoms with Crippen molar-refractivity contribution >= 4 is 15.9 Å². The molecule has 1 saturated heterocycles. The Morgan fingerprint density at radius 3 is 2.69 bits per heavy atom. The smallest absolute Gasteiger partial charge is 0.215 e. The van der Waals surface area contributed by atoms with Gasteiger partial charge < -0.3 is 10.5 Å². The van der Waals surface area contributed by atoms with Crippen molar-refractivity contribution in [3.05, 3.63) is 0 Å². The monoisotopic (exact) mass is 249 g/mol. The lowest BCUT2D eigenvalue weighted by Gasteiger charge is -2.25. The second-order valence-corrected chi connectivity index (χ2v) is 6.32. The van der Waals surface area contributed by atoms with E-state index in [4.69, 9.17) is 15.9 Å². The summed E-state index contributed by atoms with van der Waals surface area (Å²) in [6.07, 6.45) is 1.43. The highest BCUT2D eigenvalue weighted by molar-refractivity contribution is 7.89. The molecule has 0 aromatic heterocycles. The van der Waals surface area contributed by atoms with Gasteiger partial charge in [-0.1, -0.05) is 0 Å². The highest BCUT2D eigenvalue weighted by Gasteiger charge is 2.30. The second kappa shape index (κ2) is 4.68. The van der Waals surface area contributed by atoms with E-state index in [1.54, 1.807) is 13.8 Å². The van der Waals surface area contributed by atoms with E-state index in [1.165, 1.54) is 0 Å². The molecule has 1 fully saturated rings. The van der Waals surface area contributed by atoms with Gasteiger partial charge in [0.25, 0.3) is 0 Å². The van der Waals surface area contributed by atoms with Crippen LogP contribution in [0.1, 0.15) is 26.7 Å². The fourth-order valence-electron chi connectivity index (χ4n) is 1.51. The van der Waals surface area contributed by atoms with Gasteiger partial charge in [-0.3, -0.25) is 5.41 Å². The summed E-state index contributed by atoms with van der Waals surface area (Å²) in [5.74, 6) is -0.271. The molecule has 4 N–H and O–H groups in total. The van der Waals surface area contributed by atoms with Gasteiger partial charge in [0.1, 0.15) is 5.84 Å². The molecule has 6 nitrogen and oxygen atoms in total. The van der Waals surface area contributed by atoms with Crippen molar-refractivity contribution in [2.75, 3.05) is 12.4 Å². The lowest BCUT2D eigenvalue weighted by molar-refractivity contribution is 0.127. The average molecular weight is 249 g/mol. The minimum absolute atomic E-state index is 0.0658. The number of amidine groups is 1. The van der Waals surface area contributed by atoms with Crippen LogP contribution in [0, 0.1) is 5.41 Å². The summed E-state index contributed by atoms with van der Waals surface area (Å²) in [5.41, 5.74) is 4.27. The first-order valence-electron chi connectivity index (χ1n) is 5.21. The highest BCUT2D eigenvalue weighted by atomic mass is 32.2. The van der Waals surface area contributed by atoms with E-state index in [-0.39, 0.29) is 17.7 Å². The average Bonchev–Trinajstić information content (AvgIpc) is 2.52. The van der Waals surface area contributed by atoms with Crippen LogP contribution in [0.5, 0.6) is 0 Å². The zero-order valence-electron chi connectivity index (χ0n) is 9.62. The Kier molecular flexibility index (Phi) is 3.92. The third-order valence-corrected chi connectivity index (χ3v) is 4.15. The quantitative estimate of drug-likeness (QED) is 0.463. The molecule has 0 amide bonds. The molecule has 1 aliphatic rings. The first kappa shape index (κ1) is 13.4. The first-order chi connectivity index (χ1) is 7.23. The molecule has 1 atom stereocenters. The van der Waals surface area contributed by atoms with E-state index in [2.05, 4.69) is 4.72 Å². The van der Waals surface area contributed by atoms with Crippen LogP contribution in [0.4, 0.5) is 0 Å². The van der Waals surface area contributed by atoms with Crippen LogP contribution in [-0.2, 0) is 14.8 Å². The molecule has 0 bridgehead atoms. The zero-order valence-corrected chi connectivity index (χ0v) is 10.4. The molecule has 1 aliphatic heterocycles. The van der Waals surface area contributed by atoms with E-state index >= 15 is 0 Å². The molecule has 7 heteroatoms. The largest absolute Gasteiger partial charge is 0.386 e. The molecule has 1 unspecified atom stereocenters. The number of ether oxygens (including phenoxy) is 1. The van der Waals surface area contributed by atoms with E-state index in [0.717, 1.165) is 12.8 Å². The van der Waals surface area contributed by atoms with Crippen LogP contribution in [0.2, 0.25) is 0 Å². The van der Waals surface area contributed by atoms with Crippen LogP contribution >= 0.6 is 0 Å². The molecule has 0 spiro atoms. The van der Waals surface area contributed by atoms with Crippen molar-refractivity contribution in [3.63, 3.8) is 0 Å². The first-order valence-corrected chi connectivity index (χ1v) is 6.86. The number of hydrogen-bond acceptors (Lipinski definition) is 4. The molecular formula is C9H19N3O3S. The standard InChI is InChI=1S/C9H19N3O3S/c1-9(2,8(10)11)12-16(13,14)6-7-4-3-5-15-7/h7,12H,3-6H2,1-2H3,(H3,10,11). The molecule has 1 heterocycles. The van der Waals surface area contributed by atoms with Crippen molar-refractivity contribution in [3.8, 4) is 0 Å². The number of hydrogen-bond donors (Lipinski definition) is 3. The highest BCUT2D eigenvalue weighted by Crippen LogP contribution is 2.14. The summed E-state index contributed by atoms with van der Waals surface area (Å²) in [5, 5.41) is 7.28. The van der Waals surface area contributed by atoms with Crippen molar-refractivity contribution in [2.24, 2.45) is 5.73 Å². The summed E-state index contributed by atoms with van der Waals surface area (Å²) in [6.45, 7) is 3.74. The minimum atomic E-state index is -3.46. The Labute approximate surface area is 96.1 Å². The van der Waals surface area contributed by atoms with Crippen LogP contribution in [0.25, 0.3) is 0 Å². The predicted molar refractivity (Wildman–Crippen MR) is 61.9 cm³/mol. The molecule has 0 aromatic rings. The minimum Gasteiger partial charge on any atom is -0.386 e. The normalized spacial score (nSPS) is 22.2. The zero-order chi connectivity index (χ0) is 12.4. The molecule has 0 radical (unpaired) electrons. The van der Waals surface area contributed by atoms with Crippen LogP contribution in [0.15, 0.2) is 0 Å². The summed E-state index contributed by atoms with van der Waals surface area (Å²) in [7, 11) is -3.46. The maximum Gasteiger partial charge on any atom is 0.215 e. The molecule has 0 aliphatic carbocycles. The summed E-state index contributed by atoms with van der Waals surface area (Å²) < 4.78 is 31.2. The third kappa shape index (κ3) is 3.73. The Bertz CT molecular complexity index is 358. The van der Waals surface area contributed by atoms with Crippen LogP contribution < -0.4 is 10.5 Å². The van der Waals surface area contributed by atoms with Gasteiger partial charge >= 0.3 is 0 Å². The molecule has 16 heavy (non-hydrogen) atoms. The SMILES string of the molecule is CC(C)(NS(=O)(=O)CC1CCCO1)C(=N)N. The van der Waals surface area contributed by atoms with Gasteiger partial charge in [-0.05, 0) is 26.7 Å². The van der Waals surface area contributed by atoms with E-state index < -0.39 is 15.6 Å². The Morgan fingerprint density at radius 1 is 1.62 bits per heavy atom. The Balaban J connectivity index is 2.60. The maximum atomic E-state index is 11.8. The van der Waals surface area contributed by atoms with Gasteiger partial charge in [-0.25, -0.2) is 13.1 Å².